The van der Waals surface area contributed by atoms with Crippen LogP contribution in [0.2, 0.25) is 0 Å². The van der Waals surface area contributed by atoms with Crippen LogP contribution in [-0.4, -0.2) is 9.55 Å². The topological polar surface area (TPSA) is 20.7 Å². The monoisotopic (exact) mass is 296 g/mol. The van der Waals surface area contributed by atoms with Crippen LogP contribution in [0.5, 0.6) is 0 Å². The van der Waals surface area contributed by atoms with Crippen molar-refractivity contribution in [2.75, 3.05) is 0 Å². The molecule has 0 radical (unpaired) electrons. The maximum absolute atomic E-state index is 5.51. The number of hydrogen-bond donors (Lipinski definition) is 1. The number of fused-ring (bicyclic) bond motifs is 1. The molecule has 0 unspecified atom stereocenters. The second-order valence-electron chi connectivity index (χ2n) is 6.53. The van der Waals surface area contributed by atoms with Gasteiger partial charge in [-0.2, -0.15) is 0 Å². The zero-order valence-electron chi connectivity index (χ0n) is 12.9. The molecule has 1 N–H and O–H groups in total. The number of para-hydroxylation sites is 1. The highest BCUT2D eigenvalue weighted by Crippen LogP contribution is 2.26. The molecule has 0 amide bonds. The molecule has 0 aliphatic rings. The van der Waals surface area contributed by atoms with Gasteiger partial charge in [-0.25, -0.2) is 0 Å². The van der Waals surface area contributed by atoms with Gasteiger partial charge < -0.3 is 4.98 Å². The summed E-state index contributed by atoms with van der Waals surface area (Å²) >= 11 is 5.51. The van der Waals surface area contributed by atoms with E-state index >= 15 is 0 Å². The standard InChI is InChI=1S/C18H20N2S/c1-12-6-5-7-15-16(12)20(17(21)19-15)14-10-8-13(9-11-14)18(2,3)4/h5-11H,1-4H3,(H,19,21). The maximum atomic E-state index is 5.51. The largest absolute Gasteiger partial charge is 0.330 e. The summed E-state index contributed by atoms with van der Waals surface area (Å²) in [6.07, 6.45) is 0. The van der Waals surface area contributed by atoms with E-state index < -0.39 is 0 Å². The number of benzene rings is 2. The van der Waals surface area contributed by atoms with Crippen LogP contribution in [0.15, 0.2) is 42.5 Å². The minimum absolute atomic E-state index is 0.163. The fourth-order valence-corrected chi connectivity index (χ4v) is 2.99. The van der Waals surface area contributed by atoms with Gasteiger partial charge in [-0.15, -0.1) is 0 Å². The summed E-state index contributed by atoms with van der Waals surface area (Å²) in [5.41, 5.74) is 6.06. The van der Waals surface area contributed by atoms with Gasteiger partial charge >= 0.3 is 0 Å². The molecule has 2 aromatic carbocycles. The van der Waals surface area contributed by atoms with Crippen molar-refractivity contribution in [1.82, 2.24) is 9.55 Å². The van der Waals surface area contributed by atoms with Gasteiger partial charge in [0, 0.05) is 5.69 Å². The van der Waals surface area contributed by atoms with Gasteiger partial charge in [0.2, 0.25) is 0 Å². The number of aromatic nitrogens is 2. The zero-order chi connectivity index (χ0) is 15.2. The Labute approximate surface area is 130 Å². The van der Waals surface area contributed by atoms with E-state index in [1.165, 1.54) is 11.1 Å². The SMILES string of the molecule is Cc1cccc2[nH]c(=S)n(-c3ccc(C(C)(C)C)cc3)c12. The van der Waals surface area contributed by atoms with Crippen LogP contribution in [0.1, 0.15) is 31.9 Å². The normalized spacial score (nSPS) is 12.0. The van der Waals surface area contributed by atoms with E-state index in [1.807, 2.05) is 0 Å². The summed E-state index contributed by atoms with van der Waals surface area (Å²) in [5.74, 6) is 0. The van der Waals surface area contributed by atoms with Crippen molar-refractivity contribution in [1.29, 1.82) is 0 Å². The Morgan fingerprint density at radius 3 is 2.29 bits per heavy atom. The molecule has 0 aliphatic heterocycles. The minimum Gasteiger partial charge on any atom is -0.330 e. The number of hydrogen-bond acceptors (Lipinski definition) is 1. The molecule has 3 aromatic rings. The van der Waals surface area contributed by atoms with Crippen LogP contribution < -0.4 is 0 Å². The van der Waals surface area contributed by atoms with Crippen molar-refractivity contribution in [2.24, 2.45) is 0 Å². The lowest BCUT2D eigenvalue weighted by Gasteiger charge is -2.19. The number of nitrogens with zero attached hydrogens (tertiary/aromatic N) is 1. The number of nitrogens with one attached hydrogen (secondary N) is 1. The molecule has 1 heterocycles. The van der Waals surface area contributed by atoms with E-state index in [2.05, 4.69) is 79.7 Å². The van der Waals surface area contributed by atoms with E-state index in [1.54, 1.807) is 0 Å². The van der Waals surface area contributed by atoms with Gasteiger partial charge in [-0.05, 0) is 53.9 Å². The van der Waals surface area contributed by atoms with Crippen molar-refractivity contribution >= 4 is 23.3 Å². The summed E-state index contributed by atoms with van der Waals surface area (Å²) in [6.45, 7) is 8.79. The van der Waals surface area contributed by atoms with Crippen molar-refractivity contribution in [2.45, 2.75) is 33.1 Å². The second-order valence-corrected chi connectivity index (χ2v) is 6.92. The highest BCUT2D eigenvalue weighted by molar-refractivity contribution is 7.71. The summed E-state index contributed by atoms with van der Waals surface area (Å²) in [4.78, 5) is 3.29. The van der Waals surface area contributed by atoms with E-state index in [9.17, 15) is 0 Å². The van der Waals surface area contributed by atoms with Crippen LogP contribution >= 0.6 is 12.2 Å². The predicted octanol–water partition coefficient (Wildman–Crippen LogP) is 5.29. The van der Waals surface area contributed by atoms with Crippen LogP contribution in [0.4, 0.5) is 0 Å². The van der Waals surface area contributed by atoms with E-state index in [4.69, 9.17) is 12.2 Å². The molecule has 0 bridgehead atoms. The molecule has 3 heteroatoms. The quantitative estimate of drug-likeness (QED) is 0.605. The van der Waals surface area contributed by atoms with Gasteiger partial charge in [0.15, 0.2) is 4.77 Å². The molecule has 0 spiro atoms. The first-order valence-corrected chi connectivity index (χ1v) is 7.60. The van der Waals surface area contributed by atoms with Gasteiger partial charge in [0.25, 0.3) is 0 Å². The average Bonchev–Trinajstić information content (AvgIpc) is 2.75. The zero-order valence-corrected chi connectivity index (χ0v) is 13.7. The number of rotatable bonds is 1. The Morgan fingerprint density at radius 2 is 1.67 bits per heavy atom. The van der Waals surface area contributed by atoms with Crippen LogP contribution in [0.3, 0.4) is 0 Å². The molecular formula is C18H20N2S. The van der Waals surface area contributed by atoms with Crippen molar-refractivity contribution in [3.8, 4) is 5.69 Å². The Kier molecular flexibility index (Phi) is 3.25. The van der Waals surface area contributed by atoms with Gasteiger partial charge in [0.1, 0.15) is 0 Å². The fraction of sp³-hybridized carbons (Fsp3) is 0.278. The molecule has 0 atom stereocenters. The Balaban J connectivity index is 2.21. The predicted molar refractivity (Wildman–Crippen MR) is 91.9 cm³/mol. The fourth-order valence-electron chi connectivity index (χ4n) is 2.69. The van der Waals surface area contributed by atoms with E-state index in [-0.39, 0.29) is 5.41 Å². The lowest BCUT2D eigenvalue weighted by molar-refractivity contribution is 0.590. The van der Waals surface area contributed by atoms with Crippen molar-refractivity contribution in [3.05, 3.63) is 58.4 Å². The first-order chi connectivity index (χ1) is 9.88. The van der Waals surface area contributed by atoms with Crippen LogP contribution in [-0.2, 0) is 5.41 Å². The number of imidazole rings is 1. The third kappa shape index (κ3) is 2.42. The first kappa shape index (κ1) is 14.1. The summed E-state index contributed by atoms with van der Waals surface area (Å²) in [7, 11) is 0. The smallest absolute Gasteiger partial charge is 0.182 e. The maximum Gasteiger partial charge on any atom is 0.182 e. The Bertz CT molecular complexity index is 846. The molecule has 0 aliphatic carbocycles. The van der Waals surface area contributed by atoms with Gasteiger partial charge in [-0.3, -0.25) is 4.57 Å². The van der Waals surface area contributed by atoms with Crippen LogP contribution in [0.25, 0.3) is 16.7 Å². The highest BCUT2D eigenvalue weighted by atomic mass is 32.1. The van der Waals surface area contributed by atoms with Crippen LogP contribution in [0, 0.1) is 11.7 Å². The van der Waals surface area contributed by atoms with Crippen molar-refractivity contribution in [3.63, 3.8) is 0 Å². The third-order valence-corrected chi connectivity index (χ3v) is 4.18. The summed E-state index contributed by atoms with van der Waals surface area (Å²) in [6, 6.07) is 14.9. The number of H-pyrrole nitrogens is 1. The third-order valence-electron chi connectivity index (χ3n) is 3.90. The molecule has 21 heavy (non-hydrogen) atoms. The van der Waals surface area contributed by atoms with Crippen molar-refractivity contribution < 1.29 is 0 Å². The average molecular weight is 296 g/mol. The minimum atomic E-state index is 0.163. The van der Waals surface area contributed by atoms with E-state index in [0.717, 1.165) is 21.5 Å². The number of aromatic amines is 1. The first-order valence-electron chi connectivity index (χ1n) is 7.19. The molecule has 2 nitrogen and oxygen atoms in total. The molecule has 108 valence electrons. The molecule has 0 saturated heterocycles. The molecule has 1 aromatic heterocycles. The Morgan fingerprint density at radius 1 is 1.00 bits per heavy atom. The lowest BCUT2D eigenvalue weighted by atomic mass is 9.87. The van der Waals surface area contributed by atoms with Gasteiger partial charge in [0.05, 0.1) is 11.0 Å². The highest BCUT2D eigenvalue weighted by Gasteiger charge is 2.14. The Hall–Kier alpha value is -1.87. The van der Waals surface area contributed by atoms with E-state index in [0.29, 0.717) is 0 Å². The summed E-state index contributed by atoms with van der Waals surface area (Å²) in [5, 5.41) is 0. The molecular weight excluding hydrogens is 276 g/mol. The molecule has 3 rings (SSSR count). The van der Waals surface area contributed by atoms with Gasteiger partial charge in [-0.1, -0.05) is 45.0 Å². The second kappa shape index (κ2) is 4.85. The molecule has 0 fully saturated rings. The lowest BCUT2D eigenvalue weighted by Crippen LogP contribution is -2.10. The number of aryl methyl sites for hydroxylation is 1. The summed E-state index contributed by atoms with van der Waals surface area (Å²) < 4.78 is 2.86. The molecule has 0 saturated carbocycles.